The summed E-state index contributed by atoms with van der Waals surface area (Å²) in [6, 6.07) is 11.4. The van der Waals surface area contributed by atoms with Crippen molar-refractivity contribution in [1.82, 2.24) is 14.8 Å². The van der Waals surface area contributed by atoms with E-state index in [1.54, 1.807) is 30.3 Å². The summed E-state index contributed by atoms with van der Waals surface area (Å²) in [5.74, 6) is 0.804. The van der Waals surface area contributed by atoms with Crippen molar-refractivity contribution in [3.63, 3.8) is 0 Å². The van der Waals surface area contributed by atoms with Gasteiger partial charge in [-0.3, -0.25) is 0 Å². The number of rotatable bonds is 7. The molecule has 0 saturated heterocycles. The molecule has 0 fully saturated rings. The van der Waals surface area contributed by atoms with Crippen molar-refractivity contribution in [1.29, 1.82) is 0 Å². The predicted octanol–water partition coefficient (Wildman–Crippen LogP) is 3.59. The largest absolute Gasteiger partial charge is 0.489 e. The quantitative estimate of drug-likeness (QED) is 0.677. The number of hydrogen-bond donors (Lipinski definition) is 1. The molecule has 0 spiro atoms. The van der Waals surface area contributed by atoms with E-state index < -0.39 is 6.61 Å². The van der Waals surface area contributed by atoms with E-state index in [0.717, 1.165) is 5.69 Å². The van der Waals surface area contributed by atoms with E-state index in [4.69, 9.17) is 21.4 Å². The number of halogens is 3. The Balaban J connectivity index is 1.71. The second-order valence-electron chi connectivity index (χ2n) is 5.14. The van der Waals surface area contributed by atoms with Crippen molar-refractivity contribution in [3.8, 4) is 17.2 Å². The van der Waals surface area contributed by atoms with Gasteiger partial charge in [0, 0.05) is 0 Å². The summed E-state index contributed by atoms with van der Waals surface area (Å²) < 4.78 is 36.6. The fourth-order valence-corrected chi connectivity index (χ4v) is 2.45. The van der Waals surface area contributed by atoms with Gasteiger partial charge in [0.05, 0.1) is 16.3 Å². The lowest BCUT2D eigenvalue weighted by Gasteiger charge is -2.13. The monoisotopic (exact) mass is 381 g/mol. The Morgan fingerprint density at radius 2 is 1.92 bits per heavy atom. The highest BCUT2D eigenvalue weighted by Crippen LogP contribution is 2.29. The second-order valence-corrected chi connectivity index (χ2v) is 5.55. The van der Waals surface area contributed by atoms with Gasteiger partial charge in [-0.2, -0.15) is 8.78 Å². The molecule has 136 valence electrons. The Labute approximate surface area is 152 Å². The van der Waals surface area contributed by atoms with Gasteiger partial charge < -0.3 is 14.6 Å². The molecular formula is C17H14ClF2N3O3. The molecule has 0 aliphatic carbocycles. The number of alkyl halides is 2. The molecule has 0 unspecified atom stereocenters. The fraction of sp³-hybridized carbons (Fsp3) is 0.176. The van der Waals surface area contributed by atoms with E-state index in [-0.39, 0.29) is 24.0 Å². The summed E-state index contributed by atoms with van der Waals surface area (Å²) >= 11 is 6.06. The highest BCUT2D eigenvalue weighted by Gasteiger charge is 2.13. The van der Waals surface area contributed by atoms with E-state index in [2.05, 4.69) is 14.8 Å². The molecule has 1 aromatic heterocycles. The van der Waals surface area contributed by atoms with Crippen molar-refractivity contribution < 1.29 is 23.4 Å². The maximum Gasteiger partial charge on any atom is 0.387 e. The number of ether oxygens (including phenoxy) is 2. The Morgan fingerprint density at radius 3 is 2.58 bits per heavy atom. The number of aliphatic hydroxyl groups excluding tert-OH is 1. The normalized spacial score (nSPS) is 11.0. The van der Waals surface area contributed by atoms with Gasteiger partial charge >= 0.3 is 6.61 Å². The van der Waals surface area contributed by atoms with Gasteiger partial charge in [-0.15, -0.1) is 5.10 Å². The van der Waals surface area contributed by atoms with E-state index in [1.165, 1.54) is 23.1 Å². The lowest BCUT2D eigenvalue weighted by atomic mass is 10.2. The topological polar surface area (TPSA) is 69.4 Å². The van der Waals surface area contributed by atoms with Crippen LogP contribution in [-0.2, 0) is 13.2 Å². The van der Waals surface area contributed by atoms with Crippen LogP contribution in [-0.4, -0.2) is 26.5 Å². The van der Waals surface area contributed by atoms with Crippen LogP contribution in [0.25, 0.3) is 5.69 Å². The zero-order chi connectivity index (χ0) is 18.5. The molecule has 0 saturated carbocycles. The summed E-state index contributed by atoms with van der Waals surface area (Å²) in [6.45, 7) is -3.22. The first-order valence-corrected chi connectivity index (χ1v) is 7.91. The molecule has 3 rings (SSSR count). The summed E-state index contributed by atoms with van der Waals surface area (Å²) in [7, 11) is 0. The molecule has 26 heavy (non-hydrogen) atoms. The third-order valence-electron chi connectivity index (χ3n) is 3.46. The maximum atomic E-state index is 12.5. The highest BCUT2D eigenvalue weighted by atomic mass is 35.5. The van der Waals surface area contributed by atoms with Gasteiger partial charge in [-0.25, -0.2) is 9.67 Å². The molecule has 9 heteroatoms. The van der Waals surface area contributed by atoms with Gasteiger partial charge in [0.15, 0.2) is 5.82 Å². The third-order valence-corrected chi connectivity index (χ3v) is 3.81. The molecule has 3 aromatic rings. The highest BCUT2D eigenvalue weighted by molar-refractivity contribution is 6.31. The third kappa shape index (κ3) is 4.27. The minimum Gasteiger partial charge on any atom is -0.489 e. The van der Waals surface area contributed by atoms with Crippen LogP contribution in [0.1, 0.15) is 11.4 Å². The van der Waals surface area contributed by atoms with Gasteiger partial charge in [0.1, 0.15) is 31.0 Å². The summed E-state index contributed by atoms with van der Waals surface area (Å²) in [6.07, 6.45) is 1.49. The Hall–Kier alpha value is -2.71. The van der Waals surface area contributed by atoms with Crippen LogP contribution in [0.15, 0.2) is 48.8 Å². The van der Waals surface area contributed by atoms with Crippen molar-refractivity contribution >= 4 is 11.6 Å². The van der Waals surface area contributed by atoms with E-state index >= 15 is 0 Å². The summed E-state index contributed by atoms with van der Waals surface area (Å²) in [4.78, 5) is 3.93. The first-order chi connectivity index (χ1) is 12.6. The minimum absolute atomic E-state index is 0.0248. The molecule has 2 aromatic carbocycles. The predicted molar refractivity (Wildman–Crippen MR) is 89.7 cm³/mol. The lowest BCUT2D eigenvalue weighted by Crippen LogP contribution is -2.06. The first kappa shape index (κ1) is 18.1. The molecule has 6 nitrogen and oxygen atoms in total. The van der Waals surface area contributed by atoms with Crippen LogP contribution in [0.3, 0.4) is 0 Å². The average Bonchev–Trinajstić information content (AvgIpc) is 3.10. The zero-order valence-electron chi connectivity index (χ0n) is 13.3. The molecule has 0 amide bonds. The summed E-state index contributed by atoms with van der Waals surface area (Å²) in [5, 5.41) is 13.4. The Morgan fingerprint density at radius 1 is 1.15 bits per heavy atom. The fourth-order valence-electron chi connectivity index (χ4n) is 2.23. The molecule has 0 bridgehead atoms. The molecule has 0 atom stereocenters. The molecule has 0 radical (unpaired) electrons. The summed E-state index contributed by atoms with van der Waals surface area (Å²) in [5.41, 5.74) is 1.06. The van der Waals surface area contributed by atoms with Crippen LogP contribution < -0.4 is 9.47 Å². The standard InChI is InChI=1S/C17H14ClF2N3O3/c18-14-2-1-3-15(26-17(19)20)13(14)9-25-12-6-4-11(5-7-12)23-10-21-16(8-24)22-23/h1-7,10,17,24H,8-9H2. The van der Waals surface area contributed by atoms with Crippen LogP contribution in [0.2, 0.25) is 5.02 Å². The van der Waals surface area contributed by atoms with Gasteiger partial charge in [-0.05, 0) is 36.4 Å². The minimum atomic E-state index is -2.95. The number of hydrogen-bond acceptors (Lipinski definition) is 5. The molecule has 1 N–H and O–H groups in total. The molecular weight excluding hydrogens is 368 g/mol. The number of benzene rings is 2. The number of nitrogens with zero attached hydrogens (tertiary/aromatic N) is 3. The number of aliphatic hydroxyl groups is 1. The first-order valence-electron chi connectivity index (χ1n) is 7.53. The zero-order valence-corrected chi connectivity index (χ0v) is 14.1. The Bertz CT molecular complexity index is 872. The van der Waals surface area contributed by atoms with Crippen molar-refractivity contribution in [2.45, 2.75) is 19.8 Å². The maximum absolute atomic E-state index is 12.5. The van der Waals surface area contributed by atoms with Crippen molar-refractivity contribution in [2.75, 3.05) is 0 Å². The smallest absolute Gasteiger partial charge is 0.387 e. The molecule has 0 aliphatic heterocycles. The van der Waals surface area contributed by atoms with E-state index in [9.17, 15) is 8.78 Å². The number of aromatic nitrogens is 3. The van der Waals surface area contributed by atoms with Crippen molar-refractivity contribution in [3.05, 3.63) is 65.2 Å². The van der Waals surface area contributed by atoms with Gasteiger partial charge in [0.2, 0.25) is 0 Å². The van der Waals surface area contributed by atoms with Gasteiger partial charge in [-0.1, -0.05) is 17.7 Å². The van der Waals surface area contributed by atoms with Crippen LogP contribution >= 0.6 is 11.6 Å². The lowest BCUT2D eigenvalue weighted by molar-refractivity contribution is -0.0508. The Kier molecular flexibility index (Phi) is 5.65. The van der Waals surface area contributed by atoms with Crippen LogP contribution in [0.5, 0.6) is 11.5 Å². The van der Waals surface area contributed by atoms with Crippen LogP contribution in [0.4, 0.5) is 8.78 Å². The second kappa shape index (κ2) is 8.11. The van der Waals surface area contributed by atoms with E-state index in [1.807, 2.05) is 0 Å². The van der Waals surface area contributed by atoms with Crippen molar-refractivity contribution in [2.24, 2.45) is 0 Å². The van der Waals surface area contributed by atoms with E-state index in [0.29, 0.717) is 17.1 Å². The average molecular weight is 382 g/mol. The molecule has 0 aliphatic rings. The van der Waals surface area contributed by atoms with Gasteiger partial charge in [0.25, 0.3) is 0 Å². The SMILES string of the molecule is OCc1ncn(-c2ccc(OCc3c(Cl)cccc3OC(F)F)cc2)n1. The molecule has 1 heterocycles. The van der Waals surface area contributed by atoms with Crippen LogP contribution in [0, 0.1) is 0 Å².